The van der Waals surface area contributed by atoms with E-state index in [1.165, 1.54) is 5.56 Å². The van der Waals surface area contributed by atoms with Crippen LogP contribution in [-0.2, 0) is 20.8 Å². The lowest BCUT2D eigenvalue weighted by atomic mass is 9.69. The number of likely N-dealkylation sites (tertiary alicyclic amines) is 2. The number of benzene rings is 1. The van der Waals surface area contributed by atoms with Gasteiger partial charge in [-0.25, -0.2) is 0 Å². The Morgan fingerprint density at radius 2 is 1.85 bits per heavy atom. The minimum Gasteiger partial charge on any atom is -0.368 e. The Balaban J connectivity index is 1.52. The number of carbonyl (C=O) groups excluding carboxylic acids is 3. The molecule has 1 aromatic carbocycles. The van der Waals surface area contributed by atoms with Gasteiger partial charge in [-0.05, 0) is 51.1 Å². The average molecular weight is 455 g/mol. The van der Waals surface area contributed by atoms with Gasteiger partial charge in [-0.1, -0.05) is 49.6 Å². The lowest BCUT2D eigenvalue weighted by Gasteiger charge is -2.42. The maximum atomic E-state index is 14.0. The zero-order valence-electron chi connectivity index (χ0n) is 20.0. The Morgan fingerprint density at radius 3 is 2.48 bits per heavy atom. The Kier molecular flexibility index (Phi) is 7.07. The summed E-state index contributed by atoms with van der Waals surface area (Å²) in [6, 6.07) is 9.76. The number of rotatable bonds is 8. The van der Waals surface area contributed by atoms with Crippen molar-refractivity contribution in [2.45, 2.75) is 63.5 Å². The van der Waals surface area contributed by atoms with Gasteiger partial charge in [0.1, 0.15) is 11.6 Å². The molecule has 2 aliphatic heterocycles. The number of nitrogens with two attached hydrogens (primary N) is 1. The number of hydrogen-bond donors (Lipinski definition) is 2. The summed E-state index contributed by atoms with van der Waals surface area (Å²) < 4.78 is 0. The molecule has 0 spiro atoms. The van der Waals surface area contributed by atoms with Gasteiger partial charge >= 0.3 is 0 Å². The third-order valence-electron chi connectivity index (χ3n) is 8.38. The molecular formula is C26H38N4O3. The van der Waals surface area contributed by atoms with E-state index in [1.54, 1.807) is 18.9 Å². The number of primary amides is 1. The van der Waals surface area contributed by atoms with E-state index in [-0.39, 0.29) is 23.7 Å². The molecule has 2 saturated heterocycles. The molecule has 0 radical (unpaired) electrons. The van der Waals surface area contributed by atoms with Crippen LogP contribution in [0.1, 0.15) is 51.0 Å². The van der Waals surface area contributed by atoms with Crippen molar-refractivity contribution in [2.24, 2.45) is 23.5 Å². The van der Waals surface area contributed by atoms with Gasteiger partial charge in [-0.2, -0.15) is 0 Å². The normalized spacial score (nSPS) is 26.2. The fourth-order valence-corrected chi connectivity index (χ4v) is 6.30. The zero-order valence-corrected chi connectivity index (χ0v) is 20.0. The van der Waals surface area contributed by atoms with Gasteiger partial charge in [0.2, 0.25) is 17.7 Å². The van der Waals surface area contributed by atoms with E-state index in [2.05, 4.69) is 17.4 Å². The molecule has 4 atom stereocenters. The van der Waals surface area contributed by atoms with E-state index in [9.17, 15) is 14.4 Å². The van der Waals surface area contributed by atoms with Crippen molar-refractivity contribution in [3.8, 4) is 0 Å². The third kappa shape index (κ3) is 4.52. The second-order valence-corrected chi connectivity index (χ2v) is 10.2. The van der Waals surface area contributed by atoms with Crippen LogP contribution in [0.15, 0.2) is 30.3 Å². The van der Waals surface area contributed by atoms with Gasteiger partial charge in [0.25, 0.3) is 0 Å². The predicted molar refractivity (Wildman–Crippen MR) is 127 cm³/mol. The Morgan fingerprint density at radius 1 is 1.15 bits per heavy atom. The molecule has 2 heterocycles. The van der Waals surface area contributed by atoms with Crippen LogP contribution in [-0.4, -0.2) is 65.8 Å². The Labute approximate surface area is 197 Å². The van der Waals surface area contributed by atoms with E-state index in [0.29, 0.717) is 19.6 Å². The summed E-state index contributed by atoms with van der Waals surface area (Å²) in [4.78, 5) is 43.7. The second kappa shape index (κ2) is 9.84. The number of likely N-dealkylation sites (N-methyl/N-ethyl adjacent to an activating group) is 1. The quantitative estimate of drug-likeness (QED) is 0.628. The average Bonchev–Trinajstić information content (AvgIpc) is 3.38. The van der Waals surface area contributed by atoms with E-state index >= 15 is 0 Å². The molecule has 1 unspecified atom stereocenters. The highest BCUT2D eigenvalue weighted by Crippen LogP contribution is 2.40. The van der Waals surface area contributed by atoms with Gasteiger partial charge in [-0.3, -0.25) is 14.4 Å². The molecule has 3 N–H and O–H groups in total. The molecule has 7 nitrogen and oxygen atoms in total. The largest absolute Gasteiger partial charge is 0.368 e. The minimum atomic E-state index is -1.13. The summed E-state index contributed by atoms with van der Waals surface area (Å²) in [6.07, 6.45) is 6.75. The van der Waals surface area contributed by atoms with Gasteiger partial charge in [0.05, 0.1) is 5.92 Å². The highest BCUT2D eigenvalue weighted by molar-refractivity contribution is 5.96. The number of carbonyl (C=O) groups is 3. The molecule has 3 fully saturated rings. The SMILES string of the molecule is CNC(C)(C(N)=O)[C@@H](C(=O)N1CC[C@H]2CN(CCc3ccccc3)C(=O)[C@H]21)C1CCCCC1. The fourth-order valence-electron chi connectivity index (χ4n) is 6.30. The summed E-state index contributed by atoms with van der Waals surface area (Å²) in [6.45, 7) is 3.70. The van der Waals surface area contributed by atoms with Gasteiger partial charge in [0, 0.05) is 25.6 Å². The van der Waals surface area contributed by atoms with Crippen LogP contribution in [0.3, 0.4) is 0 Å². The highest BCUT2D eigenvalue weighted by atomic mass is 16.2. The summed E-state index contributed by atoms with van der Waals surface area (Å²) in [5.41, 5.74) is 5.90. The summed E-state index contributed by atoms with van der Waals surface area (Å²) >= 11 is 0. The lowest BCUT2D eigenvalue weighted by molar-refractivity contribution is -0.150. The van der Waals surface area contributed by atoms with Crippen LogP contribution in [0.4, 0.5) is 0 Å². The smallest absolute Gasteiger partial charge is 0.245 e. The topological polar surface area (TPSA) is 95.7 Å². The zero-order chi connectivity index (χ0) is 23.6. The van der Waals surface area contributed by atoms with E-state index < -0.39 is 23.4 Å². The number of amides is 3. The fraction of sp³-hybridized carbons (Fsp3) is 0.654. The Bertz CT molecular complexity index is 870. The summed E-state index contributed by atoms with van der Waals surface area (Å²) in [5, 5.41) is 3.08. The molecule has 3 amide bonds. The monoisotopic (exact) mass is 454 g/mol. The molecule has 7 heteroatoms. The highest BCUT2D eigenvalue weighted by Gasteiger charge is 2.54. The molecular weight excluding hydrogens is 416 g/mol. The number of fused-ring (bicyclic) bond motifs is 1. The van der Waals surface area contributed by atoms with Crippen molar-refractivity contribution in [3.05, 3.63) is 35.9 Å². The van der Waals surface area contributed by atoms with Crippen molar-refractivity contribution >= 4 is 17.7 Å². The van der Waals surface area contributed by atoms with Crippen molar-refractivity contribution in [1.82, 2.24) is 15.1 Å². The first-order valence-corrected chi connectivity index (χ1v) is 12.5. The lowest BCUT2D eigenvalue weighted by Crippen LogP contribution is -2.63. The van der Waals surface area contributed by atoms with Crippen LogP contribution in [0.2, 0.25) is 0 Å². The van der Waals surface area contributed by atoms with Gasteiger partial charge in [-0.15, -0.1) is 0 Å². The van der Waals surface area contributed by atoms with Gasteiger partial charge in [0.15, 0.2) is 0 Å². The molecule has 1 aromatic rings. The molecule has 3 aliphatic rings. The molecule has 1 saturated carbocycles. The molecule has 0 aromatic heterocycles. The van der Waals surface area contributed by atoms with Crippen LogP contribution >= 0.6 is 0 Å². The van der Waals surface area contributed by atoms with E-state index in [0.717, 1.165) is 44.9 Å². The van der Waals surface area contributed by atoms with Crippen molar-refractivity contribution in [1.29, 1.82) is 0 Å². The standard InChI is InChI=1S/C26H38N4O3/c1-26(28-2,25(27)33)21(19-11-7-4-8-12-19)23(31)30-16-14-20-17-29(24(32)22(20)30)15-13-18-9-5-3-6-10-18/h3,5-6,9-10,19-22,28H,4,7-8,11-17H2,1-2H3,(H2,27,33)/t20-,21+,22-,26?/m0/s1. The first-order valence-electron chi connectivity index (χ1n) is 12.5. The van der Waals surface area contributed by atoms with Crippen LogP contribution < -0.4 is 11.1 Å². The Hall–Kier alpha value is -2.41. The maximum absolute atomic E-state index is 14.0. The second-order valence-electron chi connectivity index (χ2n) is 10.2. The van der Waals surface area contributed by atoms with E-state index in [4.69, 9.17) is 5.73 Å². The number of hydrogen-bond acceptors (Lipinski definition) is 4. The molecule has 180 valence electrons. The molecule has 1 aliphatic carbocycles. The third-order valence-corrected chi connectivity index (χ3v) is 8.38. The van der Waals surface area contributed by atoms with Crippen molar-refractivity contribution in [3.63, 3.8) is 0 Å². The first kappa shape index (κ1) is 23.7. The minimum absolute atomic E-state index is 0.0504. The van der Waals surface area contributed by atoms with Crippen molar-refractivity contribution < 1.29 is 14.4 Å². The number of nitrogens with zero attached hydrogens (tertiary/aromatic N) is 2. The predicted octanol–water partition coefficient (Wildman–Crippen LogP) is 1.95. The molecule has 33 heavy (non-hydrogen) atoms. The maximum Gasteiger partial charge on any atom is 0.245 e. The summed E-state index contributed by atoms with van der Waals surface area (Å²) in [5.74, 6) is -0.825. The number of nitrogens with one attached hydrogen (secondary N) is 1. The van der Waals surface area contributed by atoms with Crippen LogP contribution in [0.25, 0.3) is 0 Å². The van der Waals surface area contributed by atoms with Crippen LogP contribution in [0.5, 0.6) is 0 Å². The van der Waals surface area contributed by atoms with Crippen molar-refractivity contribution in [2.75, 3.05) is 26.7 Å². The summed E-state index contributed by atoms with van der Waals surface area (Å²) in [7, 11) is 1.70. The molecule has 0 bridgehead atoms. The van der Waals surface area contributed by atoms with Gasteiger partial charge < -0.3 is 20.9 Å². The molecule has 4 rings (SSSR count). The van der Waals surface area contributed by atoms with E-state index in [1.807, 2.05) is 23.1 Å². The van der Waals surface area contributed by atoms with Crippen LogP contribution in [0, 0.1) is 17.8 Å². The first-order chi connectivity index (χ1) is 15.9.